The highest BCUT2D eigenvalue weighted by Gasteiger charge is 2.46. The minimum atomic E-state index is -0.781. The Bertz CT molecular complexity index is 1010. The Balaban J connectivity index is 2.09. The smallest absolute Gasteiger partial charge is 0.295 e. The lowest BCUT2D eigenvalue weighted by Crippen LogP contribution is -2.31. The molecule has 0 radical (unpaired) electrons. The summed E-state index contributed by atoms with van der Waals surface area (Å²) in [5, 5.41) is 11.1. The maximum atomic E-state index is 13.1. The maximum absolute atomic E-state index is 13.1. The van der Waals surface area contributed by atoms with E-state index in [1.54, 1.807) is 36.4 Å². The molecule has 1 fully saturated rings. The van der Waals surface area contributed by atoms with Crippen LogP contribution in [0.15, 0.2) is 54.1 Å². The van der Waals surface area contributed by atoms with Crippen LogP contribution in [0.3, 0.4) is 0 Å². The van der Waals surface area contributed by atoms with Crippen LogP contribution >= 0.6 is 0 Å². The van der Waals surface area contributed by atoms with E-state index in [9.17, 15) is 14.7 Å². The van der Waals surface area contributed by atoms with Crippen molar-refractivity contribution in [3.63, 3.8) is 0 Å². The number of rotatable bonds is 9. The van der Waals surface area contributed by atoms with Crippen molar-refractivity contribution in [3.05, 3.63) is 65.2 Å². The monoisotopic (exact) mass is 439 g/mol. The molecule has 3 rings (SSSR count). The van der Waals surface area contributed by atoms with Crippen LogP contribution in [0.2, 0.25) is 0 Å². The minimum absolute atomic E-state index is 0.0255. The Kier molecular flexibility index (Phi) is 7.53. The summed E-state index contributed by atoms with van der Waals surface area (Å²) in [4.78, 5) is 27.6. The molecule has 1 aliphatic heterocycles. The number of aliphatic hydroxyl groups is 1. The highest BCUT2D eigenvalue weighted by atomic mass is 16.5. The number of carbonyl (C=O) groups excluding carboxylic acids is 2. The molecule has 0 bridgehead atoms. The van der Waals surface area contributed by atoms with E-state index in [1.165, 1.54) is 19.1 Å². The number of hydrogen-bond acceptors (Lipinski definition) is 6. The molecule has 1 atom stereocenters. The van der Waals surface area contributed by atoms with E-state index in [0.29, 0.717) is 42.2 Å². The third kappa shape index (κ3) is 4.78. The Hall–Kier alpha value is -3.32. The Morgan fingerprint density at radius 2 is 1.81 bits per heavy atom. The van der Waals surface area contributed by atoms with Crippen molar-refractivity contribution >= 4 is 17.4 Å². The summed E-state index contributed by atoms with van der Waals surface area (Å²) in [5.74, 6) is -0.581. The second-order valence-electron chi connectivity index (χ2n) is 7.74. The minimum Gasteiger partial charge on any atom is -0.507 e. The molecule has 1 heterocycles. The largest absolute Gasteiger partial charge is 0.507 e. The number of hydrogen-bond donors (Lipinski definition) is 1. The molecule has 7 heteroatoms. The van der Waals surface area contributed by atoms with Crippen molar-refractivity contribution in [3.8, 4) is 11.5 Å². The Labute approximate surface area is 188 Å². The molecule has 7 nitrogen and oxygen atoms in total. The van der Waals surface area contributed by atoms with Crippen molar-refractivity contribution in [2.24, 2.45) is 0 Å². The average molecular weight is 440 g/mol. The van der Waals surface area contributed by atoms with Gasteiger partial charge in [-0.05, 0) is 38.5 Å². The Morgan fingerprint density at radius 1 is 1.06 bits per heavy atom. The third-order valence-corrected chi connectivity index (χ3v) is 5.31. The molecule has 2 aromatic rings. The van der Waals surface area contributed by atoms with Crippen molar-refractivity contribution in [2.45, 2.75) is 32.4 Å². The van der Waals surface area contributed by atoms with E-state index in [2.05, 4.69) is 0 Å². The zero-order valence-corrected chi connectivity index (χ0v) is 18.8. The number of amides is 1. The number of benzene rings is 2. The zero-order valence-electron chi connectivity index (χ0n) is 18.8. The van der Waals surface area contributed by atoms with Gasteiger partial charge in [0.05, 0.1) is 31.9 Å². The van der Waals surface area contributed by atoms with Crippen LogP contribution in [0.1, 0.15) is 37.4 Å². The fraction of sp³-hybridized carbons (Fsp3) is 0.360. The molecular formula is C25H29NO6. The van der Waals surface area contributed by atoms with Crippen LogP contribution in [0.4, 0.5) is 0 Å². The topological polar surface area (TPSA) is 85.3 Å². The van der Waals surface area contributed by atoms with Crippen LogP contribution < -0.4 is 9.47 Å². The van der Waals surface area contributed by atoms with Gasteiger partial charge in [-0.15, -0.1) is 0 Å². The fourth-order valence-electron chi connectivity index (χ4n) is 3.81. The fourth-order valence-corrected chi connectivity index (χ4v) is 3.81. The molecule has 1 aliphatic rings. The molecule has 1 saturated heterocycles. The number of nitrogens with zero attached hydrogens (tertiary/aromatic N) is 1. The molecule has 0 unspecified atom stereocenters. The van der Waals surface area contributed by atoms with Crippen LogP contribution in [-0.4, -0.2) is 55.2 Å². The molecule has 0 aliphatic carbocycles. The van der Waals surface area contributed by atoms with E-state index >= 15 is 0 Å². The lowest BCUT2D eigenvalue weighted by atomic mass is 9.94. The second kappa shape index (κ2) is 10.3. The van der Waals surface area contributed by atoms with Gasteiger partial charge in [-0.1, -0.05) is 30.3 Å². The molecular weight excluding hydrogens is 410 g/mol. The average Bonchev–Trinajstić information content (AvgIpc) is 3.05. The van der Waals surface area contributed by atoms with Gasteiger partial charge in [-0.25, -0.2) is 0 Å². The molecule has 0 spiro atoms. The standard InChI is InChI=1S/C25H29NO6/c1-16(2)32-14-8-13-26-22(19-11-5-6-12-20(19)31-4)21(24(28)25(26)29)23(27)17-9-7-10-18(15-17)30-3/h5-7,9-12,15-16,22,27H,8,13-14H2,1-4H3/t22-/m0/s1. The predicted molar refractivity (Wildman–Crippen MR) is 121 cm³/mol. The number of ketones is 1. The van der Waals surface area contributed by atoms with Gasteiger partial charge >= 0.3 is 0 Å². The first-order valence-corrected chi connectivity index (χ1v) is 10.6. The van der Waals surface area contributed by atoms with Gasteiger partial charge in [0.25, 0.3) is 11.7 Å². The number of Topliss-reactive ketones (excluding diaryl/α,β-unsaturated/α-hetero) is 1. The molecule has 0 aromatic heterocycles. The summed E-state index contributed by atoms with van der Waals surface area (Å²) in [6, 6.07) is 13.1. The molecule has 0 saturated carbocycles. The first-order chi connectivity index (χ1) is 15.4. The normalized spacial score (nSPS) is 17.8. The molecule has 170 valence electrons. The zero-order chi connectivity index (χ0) is 23.3. The van der Waals surface area contributed by atoms with Crippen LogP contribution in [0.25, 0.3) is 5.76 Å². The van der Waals surface area contributed by atoms with Crippen molar-refractivity contribution in [1.29, 1.82) is 0 Å². The van der Waals surface area contributed by atoms with E-state index in [4.69, 9.17) is 14.2 Å². The Morgan fingerprint density at radius 3 is 2.50 bits per heavy atom. The van der Waals surface area contributed by atoms with Gasteiger partial charge < -0.3 is 24.2 Å². The molecule has 1 amide bonds. The molecule has 32 heavy (non-hydrogen) atoms. The van der Waals surface area contributed by atoms with E-state index < -0.39 is 17.7 Å². The summed E-state index contributed by atoms with van der Waals surface area (Å²) in [6.45, 7) is 4.63. The van der Waals surface area contributed by atoms with Gasteiger partial charge in [0.2, 0.25) is 0 Å². The highest BCUT2D eigenvalue weighted by Crippen LogP contribution is 2.42. The quantitative estimate of drug-likeness (QED) is 0.276. The SMILES string of the molecule is COc1cccc(C(O)=C2C(=O)C(=O)N(CCCOC(C)C)[C@H]2c2ccccc2OC)c1. The number of aliphatic hydroxyl groups excluding tert-OH is 1. The maximum Gasteiger partial charge on any atom is 0.295 e. The van der Waals surface area contributed by atoms with Crippen molar-refractivity contribution in [2.75, 3.05) is 27.4 Å². The van der Waals surface area contributed by atoms with E-state index in [1.807, 2.05) is 26.0 Å². The van der Waals surface area contributed by atoms with Crippen LogP contribution in [0, 0.1) is 0 Å². The van der Waals surface area contributed by atoms with Crippen molar-refractivity contribution < 1.29 is 28.9 Å². The summed E-state index contributed by atoms with van der Waals surface area (Å²) in [7, 11) is 3.05. The highest BCUT2D eigenvalue weighted by molar-refractivity contribution is 6.46. The first kappa shape index (κ1) is 23.3. The van der Waals surface area contributed by atoms with E-state index in [-0.39, 0.29) is 17.4 Å². The number of likely N-dealkylation sites (tertiary alicyclic amines) is 1. The van der Waals surface area contributed by atoms with Crippen LogP contribution in [-0.2, 0) is 14.3 Å². The number of para-hydroxylation sites is 1. The summed E-state index contributed by atoms with van der Waals surface area (Å²) in [5.41, 5.74) is 1.05. The summed E-state index contributed by atoms with van der Waals surface area (Å²) in [6.07, 6.45) is 0.624. The number of ether oxygens (including phenoxy) is 3. The van der Waals surface area contributed by atoms with Gasteiger partial charge in [-0.2, -0.15) is 0 Å². The third-order valence-electron chi connectivity index (χ3n) is 5.31. The van der Waals surface area contributed by atoms with Crippen molar-refractivity contribution in [1.82, 2.24) is 4.90 Å². The van der Waals surface area contributed by atoms with Crippen LogP contribution in [0.5, 0.6) is 11.5 Å². The van der Waals surface area contributed by atoms with Gasteiger partial charge in [0.1, 0.15) is 17.3 Å². The first-order valence-electron chi connectivity index (χ1n) is 10.6. The van der Waals surface area contributed by atoms with E-state index in [0.717, 1.165) is 0 Å². The number of methoxy groups -OCH3 is 2. The van der Waals surface area contributed by atoms with Gasteiger partial charge in [0.15, 0.2) is 0 Å². The summed E-state index contributed by atoms with van der Waals surface area (Å²) < 4.78 is 16.3. The lowest BCUT2D eigenvalue weighted by Gasteiger charge is -2.26. The summed E-state index contributed by atoms with van der Waals surface area (Å²) >= 11 is 0. The number of carbonyl (C=O) groups is 2. The molecule has 2 aromatic carbocycles. The van der Waals surface area contributed by atoms with Gasteiger partial charge in [-0.3, -0.25) is 9.59 Å². The predicted octanol–water partition coefficient (Wildman–Crippen LogP) is 3.94. The lowest BCUT2D eigenvalue weighted by molar-refractivity contribution is -0.140. The molecule has 1 N–H and O–H groups in total. The second-order valence-corrected chi connectivity index (χ2v) is 7.74. The van der Waals surface area contributed by atoms with Gasteiger partial charge in [0, 0.05) is 24.3 Å².